The first-order chi connectivity index (χ1) is 9.91. The lowest BCUT2D eigenvalue weighted by molar-refractivity contribution is -0.382. The van der Waals surface area contributed by atoms with Crippen molar-refractivity contribution in [2.24, 2.45) is 5.14 Å². The van der Waals surface area contributed by atoms with Crippen molar-refractivity contribution in [1.29, 1.82) is 0 Å². The maximum atomic E-state index is 12.3. The van der Waals surface area contributed by atoms with Crippen LogP contribution in [0.4, 0.5) is 39.5 Å². The van der Waals surface area contributed by atoms with E-state index in [4.69, 9.17) is 0 Å². The normalized spacial score (nSPS) is 13.8. The Labute approximate surface area is 125 Å². The summed E-state index contributed by atoms with van der Waals surface area (Å²) in [7, 11) is -6.67. The summed E-state index contributed by atoms with van der Waals surface area (Å²) in [6.45, 7) is 7.10. The van der Waals surface area contributed by atoms with Gasteiger partial charge in [-0.1, -0.05) is 12.2 Å². The average molecular weight is 381 g/mol. The third-order valence-electron chi connectivity index (χ3n) is 2.05. The highest BCUT2D eigenvalue weighted by Gasteiger charge is 2.85. The Kier molecular flexibility index (Phi) is 7.89. The van der Waals surface area contributed by atoms with Crippen molar-refractivity contribution in [1.82, 2.24) is 0 Å². The van der Waals surface area contributed by atoms with Crippen LogP contribution in [0.5, 0.6) is 0 Å². The van der Waals surface area contributed by atoms with Crippen LogP contribution in [-0.4, -0.2) is 31.7 Å². The molecule has 2 N–H and O–H groups in total. The number of alkyl halides is 9. The molecular formula is C10H12F9NO2S. The van der Waals surface area contributed by atoms with Crippen LogP contribution in [-0.2, 0) is 10.0 Å². The first-order valence-electron chi connectivity index (χ1n) is 5.36. The average Bonchev–Trinajstić information content (AvgIpc) is 2.33. The summed E-state index contributed by atoms with van der Waals surface area (Å²) in [6.07, 6.45) is -1.18. The summed E-state index contributed by atoms with van der Waals surface area (Å²) in [5, 5.41) is -3.30. The Morgan fingerprint density at radius 2 is 1.09 bits per heavy atom. The number of primary sulfonamides is 1. The van der Waals surface area contributed by atoms with Crippen molar-refractivity contribution in [2.75, 3.05) is 0 Å². The molecule has 138 valence electrons. The summed E-state index contributed by atoms with van der Waals surface area (Å²) < 4.78 is 127. The van der Waals surface area contributed by atoms with Gasteiger partial charge in [-0.2, -0.15) is 39.5 Å². The number of unbranched alkanes of at least 4 members (excludes halogenated alkanes) is 1. The number of nitrogens with two attached hydrogens (primary N) is 1. The van der Waals surface area contributed by atoms with Crippen molar-refractivity contribution in [3.63, 3.8) is 0 Å². The number of sulfonamides is 1. The lowest BCUT2D eigenvalue weighted by Crippen LogP contribution is -2.64. The lowest BCUT2D eigenvalue weighted by Gasteiger charge is -2.32. The van der Waals surface area contributed by atoms with Crippen molar-refractivity contribution >= 4 is 10.0 Å². The Morgan fingerprint density at radius 3 is 1.26 bits per heavy atom. The monoisotopic (exact) mass is 381 g/mol. The zero-order chi connectivity index (χ0) is 19.3. The second-order valence-electron chi connectivity index (χ2n) is 3.86. The summed E-state index contributed by atoms with van der Waals surface area (Å²) in [5.74, 6) is -14.5. The molecule has 0 rings (SSSR count). The van der Waals surface area contributed by atoms with Gasteiger partial charge in [-0.05, 0) is 12.8 Å². The van der Waals surface area contributed by atoms with E-state index < -0.39 is 33.3 Å². The van der Waals surface area contributed by atoms with Gasteiger partial charge in [0.1, 0.15) is 0 Å². The van der Waals surface area contributed by atoms with Crippen molar-refractivity contribution in [2.45, 2.75) is 36.1 Å². The summed E-state index contributed by atoms with van der Waals surface area (Å²) in [5.41, 5.74) is 0. The first kappa shape index (κ1) is 24.0. The zero-order valence-corrected chi connectivity index (χ0v) is 12.0. The summed E-state index contributed by atoms with van der Waals surface area (Å²) in [6, 6.07) is 0. The van der Waals surface area contributed by atoms with Gasteiger partial charge in [-0.25, -0.2) is 13.6 Å². The molecule has 0 unspecified atom stereocenters. The molecule has 0 fully saturated rings. The molecule has 0 amide bonds. The molecule has 0 aliphatic carbocycles. The maximum Gasteiger partial charge on any atom is 0.460 e. The van der Waals surface area contributed by atoms with Gasteiger partial charge in [0.25, 0.3) is 10.0 Å². The molecule has 0 aromatic rings. The van der Waals surface area contributed by atoms with E-state index >= 15 is 0 Å². The minimum absolute atomic E-state index is 1.06. The number of hydrogen-bond donors (Lipinski definition) is 1. The molecule has 0 atom stereocenters. The van der Waals surface area contributed by atoms with Crippen molar-refractivity contribution < 1.29 is 47.9 Å². The first-order valence-corrected chi connectivity index (χ1v) is 6.90. The van der Waals surface area contributed by atoms with E-state index in [2.05, 4.69) is 18.3 Å². The van der Waals surface area contributed by atoms with Gasteiger partial charge in [-0.3, -0.25) is 0 Å². The number of halogens is 9. The van der Waals surface area contributed by atoms with Crippen LogP contribution >= 0.6 is 0 Å². The van der Waals surface area contributed by atoms with E-state index in [1.807, 2.05) is 12.2 Å². The minimum atomic E-state index is -7.27. The van der Waals surface area contributed by atoms with E-state index in [9.17, 15) is 47.9 Å². The fraction of sp³-hybridized carbons (Fsp3) is 0.600. The van der Waals surface area contributed by atoms with E-state index in [0.29, 0.717) is 0 Å². The maximum absolute atomic E-state index is 12.3. The van der Waals surface area contributed by atoms with Gasteiger partial charge >= 0.3 is 23.3 Å². The molecule has 13 heteroatoms. The summed E-state index contributed by atoms with van der Waals surface area (Å²) in [4.78, 5) is 0. The van der Waals surface area contributed by atoms with Gasteiger partial charge < -0.3 is 0 Å². The third kappa shape index (κ3) is 5.12. The van der Waals surface area contributed by atoms with Crippen LogP contribution < -0.4 is 5.14 Å². The SMILES string of the molecule is C=CCCC=C.NS(=O)(=O)C(F)(F)C(F)(F)C(F)(F)C(F)(F)F. The van der Waals surface area contributed by atoms with E-state index in [1.165, 1.54) is 0 Å². The highest BCUT2D eigenvalue weighted by atomic mass is 32.2. The van der Waals surface area contributed by atoms with Gasteiger partial charge in [0.15, 0.2) is 0 Å². The molecule has 0 aromatic carbocycles. The molecular weight excluding hydrogens is 369 g/mol. The molecule has 0 aromatic heterocycles. The Bertz CT molecular complexity index is 503. The second-order valence-corrected chi connectivity index (χ2v) is 5.47. The second kappa shape index (κ2) is 7.55. The minimum Gasteiger partial charge on any atom is -0.223 e. The van der Waals surface area contributed by atoms with Gasteiger partial charge in [0, 0.05) is 0 Å². The van der Waals surface area contributed by atoms with Crippen LogP contribution in [0, 0.1) is 0 Å². The molecule has 0 saturated heterocycles. The smallest absolute Gasteiger partial charge is 0.223 e. The number of hydrogen-bond acceptors (Lipinski definition) is 2. The van der Waals surface area contributed by atoms with E-state index in [0.717, 1.165) is 12.8 Å². The summed E-state index contributed by atoms with van der Waals surface area (Å²) >= 11 is 0. The van der Waals surface area contributed by atoms with Crippen LogP contribution in [0.25, 0.3) is 0 Å². The molecule has 0 saturated carbocycles. The molecule has 0 aliphatic heterocycles. The van der Waals surface area contributed by atoms with E-state index in [1.54, 1.807) is 0 Å². The molecule has 0 radical (unpaired) electrons. The predicted octanol–water partition coefficient (Wildman–Crippen LogP) is 3.84. The molecule has 0 bridgehead atoms. The Hall–Kier alpha value is -1.24. The van der Waals surface area contributed by atoms with E-state index in [-0.39, 0.29) is 0 Å². The molecule has 0 spiro atoms. The predicted molar refractivity (Wildman–Crippen MR) is 63.6 cm³/mol. The lowest BCUT2D eigenvalue weighted by atomic mass is 10.1. The topological polar surface area (TPSA) is 60.2 Å². The van der Waals surface area contributed by atoms with Crippen LogP contribution in [0.3, 0.4) is 0 Å². The van der Waals surface area contributed by atoms with Crippen molar-refractivity contribution in [3.8, 4) is 0 Å². The Morgan fingerprint density at radius 1 is 0.783 bits per heavy atom. The molecule has 3 nitrogen and oxygen atoms in total. The largest absolute Gasteiger partial charge is 0.460 e. The standard InChI is InChI=1S/C6H10.C4H2F9NO2S/c1-3-5-6-4-2;5-1(6,3(9,10)11)2(7,8)4(12,13)17(14,15)16/h3-4H,1-2,5-6H2;(H2,14,15,16). The number of allylic oxidation sites excluding steroid dienone is 2. The quantitative estimate of drug-likeness (QED) is 0.432. The number of rotatable bonds is 6. The van der Waals surface area contributed by atoms with Crippen LogP contribution in [0.1, 0.15) is 12.8 Å². The third-order valence-corrected chi connectivity index (χ3v) is 3.02. The molecule has 0 heterocycles. The van der Waals surface area contributed by atoms with Crippen molar-refractivity contribution in [3.05, 3.63) is 25.3 Å². The fourth-order valence-electron chi connectivity index (χ4n) is 0.775. The molecule has 23 heavy (non-hydrogen) atoms. The van der Waals surface area contributed by atoms with Gasteiger partial charge in [0.2, 0.25) is 0 Å². The highest BCUT2D eigenvalue weighted by molar-refractivity contribution is 7.90. The molecule has 0 aliphatic rings. The van der Waals surface area contributed by atoms with Crippen LogP contribution in [0.2, 0.25) is 0 Å². The zero-order valence-electron chi connectivity index (χ0n) is 11.2. The van der Waals surface area contributed by atoms with Crippen LogP contribution in [0.15, 0.2) is 25.3 Å². The fourth-order valence-corrected chi connectivity index (χ4v) is 1.26. The van der Waals surface area contributed by atoms with Gasteiger partial charge in [0.05, 0.1) is 0 Å². The Balaban J connectivity index is 0. The highest BCUT2D eigenvalue weighted by Crippen LogP contribution is 2.54. The van der Waals surface area contributed by atoms with Gasteiger partial charge in [-0.15, -0.1) is 13.2 Å².